The number of nitrogens with one attached hydrogen (secondary N) is 2. The van der Waals surface area contributed by atoms with Gasteiger partial charge in [-0.2, -0.15) is 5.26 Å². The van der Waals surface area contributed by atoms with Crippen molar-refractivity contribution in [3.63, 3.8) is 0 Å². The van der Waals surface area contributed by atoms with Crippen molar-refractivity contribution in [1.82, 2.24) is 4.90 Å². The van der Waals surface area contributed by atoms with Gasteiger partial charge in [0.2, 0.25) is 5.91 Å². The zero-order valence-electron chi connectivity index (χ0n) is 17.4. The van der Waals surface area contributed by atoms with Gasteiger partial charge in [0.25, 0.3) is 0 Å². The molecule has 5 fully saturated rings. The summed E-state index contributed by atoms with van der Waals surface area (Å²) in [7, 11) is 1.89. The highest BCUT2D eigenvalue weighted by molar-refractivity contribution is 6.14. The number of benzene rings is 1. The quantitative estimate of drug-likeness (QED) is 0.736. The van der Waals surface area contributed by atoms with E-state index in [4.69, 9.17) is 5.41 Å². The molecule has 5 nitrogen and oxygen atoms in total. The van der Waals surface area contributed by atoms with Gasteiger partial charge in [0.1, 0.15) is 0 Å². The van der Waals surface area contributed by atoms with Crippen molar-refractivity contribution in [1.29, 1.82) is 10.7 Å². The van der Waals surface area contributed by atoms with Crippen LogP contribution in [0.2, 0.25) is 0 Å². The first-order chi connectivity index (χ1) is 14.0. The molecule has 5 heteroatoms. The van der Waals surface area contributed by atoms with Gasteiger partial charge < -0.3 is 15.6 Å². The predicted molar refractivity (Wildman–Crippen MR) is 113 cm³/mol. The highest BCUT2D eigenvalue weighted by Crippen LogP contribution is 2.56. The molecule has 2 heterocycles. The van der Waals surface area contributed by atoms with Crippen LogP contribution in [0.25, 0.3) is 0 Å². The van der Waals surface area contributed by atoms with Gasteiger partial charge in [-0.3, -0.25) is 4.79 Å². The summed E-state index contributed by atoms with van der Waals surface area (Å²) in [6.07, 6.45) is 7.07. The van der Waals surface area contributed by atoms with Gasteiger partial charge in [-0.25, -0.2) is 0 Å². The van der Waals surface area contributed by atoms with Crippen LogP contribution in [0.15, 0.2) is 18.2 Å². The first kappa shape index (κ1) is 18.7. The number of nitrogens with zero attached hydrogens (tertiary/aromatic N) is 2. The van der Waals surface area contributed by atoms with E-state index in [1.54, 1.807) is 0 Å². The molecule has 0 radical (unpaired) electrons. The number of piperidine rings is 2. The summed E-state index contributed by atoms with van der Waals surface area (Å²) in [5.41, 5.74) is 3.32. The van der Waals surface area contributed by atoms with Crippen molar-refractivity contribution in [2.24, 2.45) is 17.3 Å². The number of hydrogen-bond donors (Lipinski definition) is 2. The topological polar surface area (TPSA) is 80.0 Å². The van der Waals surface area contributed by atoms with E-state index in [-0.39, 0.29) is 23.4 Å². The molecule has 4 bridgehead atoms. The molecule has 1 aromatic carbocycles. The van der Waals surface area contributed by atoms with E-state index in [2.05, 4.69) is 22.4 Å². The summed E-state index contributed by atoms with van der Waals surface area (Å²) in [5.74, 6) is 0.748. The van der Waals surface area contributed by atoms with Gasteiger partial charge >= 0.3 is 0 Å². The molecular weight excluding hydrogens is 360 g/mol. The van der Waals surface area contributed by atoms with Crippen LogP contribution < -0.4 is 5.32 Å². The van der Waals surface area contributed by atoms with E-state index in [0.717, 1.165) is 43.4 Å². The van der Waals surface area contributed by atoms with E-state index < -0.39 is 5.92 Å². The minimum absolute atomic E-state index is 0.0875. The molecule has 3 aliphatic carbocycles. The lowest BCUT2D eigenvalue weighted by Crippen LogP contribution is -2.64. The summed E-state index contributed by atoms with van der Waals surface area (Å²) in [4.78, 5) is 15.7. The van der Waals surface area contributed by atoms with Crippen molar-refractivity contribution in [3.8, 4) is 6.07 Å². The molecule has 6 rings (SSSR count). The van der Waals surface area contributed by atoms with E-state index in [0.29, 0.717) is 17.5 Å². The Labute approximate surface area is 173 Å². The summed E-state index contributed by atoms with van der Waals surface area (Å²) in [6.45, 7) is 1.90. The minimum Gasteiger partial charge on any atom is -0.388 e. The molecule has 2 N–H and O–H groups in total. The molecule has 5 atom stereocenters. The SMILES string of the molecule is CNc1cccc(C2CC2)c1C(=N)C(C)C(=O)N1C2CC3C[C@@H]1CC(C#N)(C3)C2. The van der Waals surface area contributed by atoms with Gasteiger partial charge in [0.05, 0.1) is 23.1 Å². The summed E-state index contributed by atoms with van der Waals surface area (Å²) < 4.78 is 0. The number of rotatable bonds is 5. The summed E-state index contributed by atoms with van der Waals surface area (Å²) in [6, 6.07) is 9.15. The lowest BCUT2D eigenvalue weighted by molar-refractivity contribution is -0.155. The van der Waals surface area contributed by atoms with Crippen molar-refractivity contribution in [3.05, 3.63) is 29.3 Å². The second kappa shape index (κ2) is 6.58. The molecule has 5 aliphatic rings. The second-order valence-electron chi connectivity index (χ2n) is 9.82. The number of anilines is 1. The van der Waals surface area contributed by atoms with Crippen molar-refractivity contribution < 1.29 is 4.79 Å². The van der Waals surface area contributed by atoms with Crippen LogP contribution in [-0.4, -0.2) is 35.7 Å². The fourth-order valence-electron chi connectivity index (χ4n) is 6.50. The third-order valence-corrected chi connectivity index (χ3v) is 7.88. The normalized spacial score (nSPS) is 33.3. The highest BCUT2D eigenvalue weighted by atomic mass is 16.2. The van der Waals surface area contributed by atoms with Crippen molar-refractivity contribution in [2.45, 2.75) is 69.9 Å². The number of carbonyl (C=O) groups is 1. The molecular formula is C24H30N4O. The Hall–Kier alpha value is -2.35. The van der Waals surface area contributed by atoms with Gasteiger partial charge in [0.15, 0.2) is 0 Å². The molecule has 29 heavy (non-hydrogen) atoms. The summed E-state index contributed by atoms with van der Waals surface area (Å²) >= 11 is 0. The molecule has 2 aliphatic heterocycles. The fraction of sp³-hybridized carbons (Fsp3) is 0.625. The van der Waals surface area contributed by atoms with Crippen LogP contribution in [-0.2, 0) is 4.79 Å². The van der Waals surface area contributed by atoms with E-state index >= 15 is 0 Å². The highest BCUT2D eigenvalue weighted by Gasteiger charge is 2.56. The molecule has 152 valence electrons. The number of hydrogen-bond acceptors (Lipinski definition) is 4. The van der Waals surface area contributed by atoms with Crippen LogP contribution in [0.3, 0.4) is 0 Å². The van der Waals surface area contributed by atoms with E-state index in [9.17, 15) is 10.1 Å². The molecule has 4 unspecified atom stereocenters. The Morgan fingerprint density at radius 3 is 2.55 bits per heavy atom. The van der Waals surface area contributed by atoms with Gasteiger partial charge in [-0.05, 0) is 75.3 Å². The second-order valence-corrected chi connectivity index (χ2v) is 9.82. The zero-order chi connectivity index (χ0) is 20.3. The monoisotopic (exact) mass is 390 g/mol. The zero-order valence-corrected chi connectivity index (χ0v) is 17.4. The Morgan fingerprint density at radius 2 is 1.97 bits per heavy atom. The maximum absolute atomic E-state index is 13.6. The minimum atomic E-state index is -0.461. The molecule has 1 amide bonds. The van der Waals surface area contributed by atoms with Crippen molar-refractivity contribution >= 4 is 17.3 Å². The largest absolute Gasteiger partial charge is 0.388 e. The third-order valence-electron chi connectivity index (χ3n) is 7.88. The van der Waals surface area contributed by atoms with Gasteiger partial charge in [-0.15, -0.1) is 0 Å². The van der Waals surface area contributed by atoms with Crippen LogP contribution in [0.5, 0.6) is 0 Å². The van der Waals surface area contributed by atoms with E-state index in [1.165, 1.54) is 18.4 Å². The first-order valence-corrected chi connectivity index (χ1v) is 11.1. The van der Waals surface area contributed by atoms with Crippen LogP contribution in [0.1, 0.15) is 68.9 Å². The molecule has 2 saturated heterocycles. The maximum atomic E-state index is 13.6. The van der Waals surface area contributed by atoms with Gasteiger partial charge in [-0.1, -0.05) is 12.1 Å². The smallest absolute Gasteiger partial charge is 0.231 e. The average molecular weight is 391 g/mol. The molecule has 0 spiro atoms. The lowest BCUT2D eigenvalue weighted by atomic mass is 9.56. The maximum Gasteiger partial charge on any atom is 0.231 e. The predicted octanol–water partition coefficient (Wildman–Crippen LogP) is 4.29. The standard InChI is InChI=1S/C24H30N4O/c1-14(22(26)21-19(16-6-7-16)4-3-5-20(21)27-2)23(29)28-17-8-15-9-18(28)12-24(10-15,11-17)13-25/h3-5,14-18,26-27H,6-12H2,1-2H3/t14?,15?,17-,18?,24?/m1/s1. The number of carbonyl (C=O) groups excluding carboxylic acids is 1. The first-order valence-electron chi connectivity index (χ1n) is 11.1. The Bertz CT molecular complexity index is 896. The lowest BCUT2D eigenvalue weighted by Gasteiger charge is -2.59. The molecule has 0 aromatic heterocycles. The van der Waals surface area contributed by atoms with Crippen molar-refractivity contribution in [2.75, 3.05) is 12.4 Å². The van der Waals surface area contributed by atoms with Crippen LogP contribution >= 0.6 is 0 Å². The number of nitriles is 1. The third kappa shape index (κ3) is 2.87. The Balaban J connectivity index is 1.42. The van der Waals surface area contributed by atoms with Gasteiger partial charge in [0, 0.05) is 30.4 Å². The summed E-state index contributed by atoms with van der Waals surface area (Å²) in [5, 5.41) is 22.0. The Morgan fingerprint density at radius 1 is 1.28 bits per heavy atom. The Kier molecular flexibility index (Phi) is 4.24. The molecule has 1 aromatic rings. The van der Waals surface area contributed by atoms with Crippen LogP contribution in [0, 0.1) is 34.0 Å². The fourth-order valence-corrected chi connectivity index (χ4v) is 6.50. The molecule has 3 saturated carbocycles. The van der Waals surface area contributed by atoms with E-state index in [1.807, 2.05) is 26.1 Å². The average Bonchev–Trinajstić information content (AvgIpc) is 3.56. The number of amides is 1. The van der Waals surface area contributed by atoms with Crippen LogP contribution in [0.4, 0.5) is 5.69 Å².